The van der Waals surface area contributed by atoms with Crippen LogP contribution in [0.3, 0.4) is 0 Å². The maximum Gasteiger partial charge on any atom is 0.269 e. The van der Waals surface area contributed by atoms with Crippen LogP contribution in [0.2, 0.25) is 0 Å². The van der Waals surface area contributed by atoms with Gasteiger partial charge in [0.1, 0.15) is 23.3 Å². The van der Waals surface area contributed by atoms with E-state index in [4.69, 9.17) is 26.4 Å². The molecule has 0 saturated carbocycles. The van der Waals surface area contributed by atoms with Gasteiger partial charge in [-0.15, -0.1) is 0 Å². The van der Waals surface area contributed by atoms with Gasteiger partial charge in [0.05, 0.1) is 32.9 Å². The van der Waals surface area contributed by atoms with Crippen LogP contribution in [0.15, 0.2) is 72.8 Å². The summed E-state index contributed by atoms with van der Waals surface area (Å²) in [7, 11) is 3.07. The van der Waals surface area contributed by atoms with Crippen LogP contribution in [0.4, 0.5) is 11.4 Å². The number of thiocarbonyl (C=S) groups is 1. The Morgan fingerprint density at radius 3 is 2.00 bits per heavy atom. The second-order valence-electron chi connectivity index (χ2n) is 8.42. The Balaban J connectivity index is 1.56. The van der Waals surface area contributed by atoms with Crippen molar-refractivity contribution in [3.63, 3.8) is 0 Å². The van der Waals surface area contributed by atoms with E-state index in [2.05, 4.69) is 10.7 Å². The van der Waals surface area contributed by atoms with Crippen LogP contribution >= 0.6 is 12.2 Å². The van der Waals surface area contributed by atoms with Gasteiger partial charge in [0.25, 0.3) is 11.8 Å². The molecule has 1 saturated heterocycles. The Labute approximate surface area is 231 Å². The molecular weight excluding hydrogens is 520 g/mol. The molecule has 1 aliphatic heterocycles. The van der Waals surface area contributed by atoms with Gasteiger partial charge in [-0.1, -0.05) is 0 Å². The normalized spacial score (nSPS) is 14.7. The average Bonchev–Trinajstić information content (AvgIpc) is 3.18. The van der Waals surface area contributed by atoms with Crippen LogP contribution in [-0.4, -0.2) is 54.7 Å². The molecule has 0 aliphatic carbocycles. The number of anilines is 2. The topological polar surface area (TPSA) is 109 Å². The number of amides is 3. The van der Waals surface area contributed by atoms with Crippen LogP contribution in [0.1, 0.15) is 23.7 Å². The third kappa shape index (κ3) is 6.27. The van der Waals surface area contributed by atoms with Crippen molar-refractivity contribution in [1.29, 1.82) is 0 Å². The molecule has 1 aliphatic rings. The molecule has 0 aromatic heterocycles. The Kier molecular flexibility index (Phi) is 8.62. The fourth-order valence-electron chi connectivity index (χ4n) is 3.97. The van der Waals surface area contributed by atoms with Gasteiger partial charge in [-0.25, -0.2) is 5.01 Å². The van der Waals surface area contributed by atoms with Crippen LogP contribution in [0.5, 0.6) is 17.2 Å². The zero-order valence-electron chi connectivity index (χ0n) is 21.7. The molecule has 3 amide bonds. The molecule has 0 radical (unpaired) electrons. The summed E-state index contributed by atoms with van der Waals surface area (Å²) >= 11 is 5.61. The minimum Gasteiger partial charge on any atom is -0.497 e. The number of hydrogen-bond acceptors (Lipinski definition) is 7. The van der Waals surface area contributed by atoms with E-state index in [1.54, 1.807) is 72.8 Å². The molecule has 4 rings (SSSR count). The molecule has 3 aromatic carbocycles. The fourth-order valence-corrected chi connectivity index (χ4v) is 4.34. The van der Waals surface area contributed by atoms with Crippen LogP contribution in [0.25, 0.3) is 0 Å². The molecule has 202 valence electrons. The summed E-state index contributed by atoms with van der Waals surface area (Å²) in [4.78, 5) is 41.0. The number of nitrogens with zero attached hydrogens (tertiary/aromatic N) is 2. The number of rotatable bonds is 10. The molecule has 10 nitrogen and oxygen atoms in total. The second kappa shape index (κ2) is 12.3. The van der Waals surface area contributed by atoms with Gasteiger partial charge in [-0.3, -0.25) is 24.7 Å². The lowest BCUT2D eigenvalue weighted by atomic mass is 10.1. The molecule has 2 N–H and O–H groups in total. The highest BCUT2D eigenvalue weighted by atomic mass is 32.1. The quantitative estimate of drug-likeness (QED) is 0.369. The number of nitrogens with one attached hydrogen (secondary N) is 2. The standard InChI is InChI=1S/C28H28N4O6S/c1-4-38-23-13-7-19(8-14-23)29-25(33)17-24-27(35)31(20-9-15-22(37-3)16-10-20)28(39)32(24)30-26(34)18-5-11-21(36-2)12-6-18/h5-16,24H,4,17H2,1-3H3,(H,29,33)(H,30,34). The number of ether oxygens (including phenoxy) is 3. The van der Waals surface area contributed by atoms with Crippen molar-refractivity contribution >= 4 is 46.4 Å². The number of hydrogen-bond donors (Lipinski definition) is 2. The van der Waals surface area contributed by atoms with E-state index < -0.39 is 23.8 Å². The lowest BCUT2D eigenvalue weighted by Crippen LogP contribution is -2.49. The number of benzene rings is 3. The SMILES string of the molecule is CCOc1ccc(NC(=O)CC2C(=O)N(c3ccc(OC)cc3)C(=S)N2NC(=O)c2ccc(OC)cc2)cc1. The first-order valence-electron chi connectivity index (χ1n) is 12.1. The zero-order chi connectivity index (χ0) is 27.9. The van der Waals surface area contributed by atoms with Crippen molar-refractivity contribution in [2.75, 3.05) is 31.0 Å². The summed E-state index contributed by atoms with van der Waals surface area (Å²) in [6.45, 7) is 2.41. The van der Waals surface area contributed by atoms with E-state index in [9.17, 15) is 14.4 Å². The number of carbonyl (C=O) groups excluding carboxylic acids is 3. The average molecular weight is 549 g/mol. The summed E-state index contributed by atoms with van der Waals surface area (Å²) in [6, 6.07) is 19.0. The smallest absolute Gasteiger partial charge is 0.269 e. The predicted molar refractivity (Wildman–Crippen MR) is 150 cm³/mol. The lowest BCUT2D eigenvalue weighted by Gasteiger charge is -2.24. The van der Waals surface area contributed by atoms with E-state index in [-0.39, 0.29) is 11.5 Å². The number of hydrazine groups is 1. The van der Waals surface area contributed by atoms with Gasteiger partial charge in [-0.2, -0.15) is 0 Å². The first-order chi connectivity index (χ1) is 18.8. The summed E-state index contributed by atoms with van der Waals surface area (Å²) < 4.78 is 15.8. The number of carbonyl (C=O) groups is 3. The minimum atomic E-state index is -1.08. The predicted octanol–water partition coefficient (Wildman–Crippen LogP) is 3.78. The summed E-state index contributed by atoms with van der Waals surface area (Å²) in [6.07, 6.45) is -0.262. The van der Waals surface area contributed by atoms with Gasteiger partial charge in [0.2, 0.25) is 11.0 Å². The van der Waals surface area contributed by atoms with Crippen molar-refractivity contribution in [2.45, 2.75) is 19.4 Å². The summed E-state index contributed by atoms with van der Waals surface area (Å²) in [5, 5.41) is 4.07. The van der Waals surface area contributed by atoms with E-state index in [1.807, 2.05) is 6.92 Å². The Morgan fingerprint density at radius 1 is 0.872 bits per heavy atom. The van der Waals surface area contributed by atoms with Crippen molar-refractivity contribution in [3.05, 3.63) is 78.4 Å². The molecule has 3 aromatic rings. The van der Waals surface area contributed by atoms with E-state index in [0.29, 0.717) is 40.8 Å². The molecule has 0 spiro atoms. The van der Waals surface area contributed by atoms with Crippen LogP contribution in [0, 0.1) is 0 Å². The van der Waals surface area contributed by atoms with Gasteiger partial charge in [-0.05, 0) is 91.9 Å². The van der Waals surface area contributed by atoms with Crippen molar-refractivity contribution < 1.29 is 28.6 Å². The fraction of sp³-hybridized carbons (Fsp3) is 0.214. The van der Waals surface area contributed by atoms with E-state index >= 15 is 0 Å². The Bertz CT molecular complexity index is 1350. The highest BCUT2D eigenvalue weighted by molar-refractivity contribution is 7.80. The zero-order valence-corrected chi connectivity index (χ0v) is 22.5. The molecule has 1 unspecified atom stereocenters. The maximum absolute atomic E-state index is 13.6. The Hall–Kier alpha value is -4.64. The van der Waals surface area contributed by atoms with Crippen LogP contribution in [-0.2, 0) is 9.59 Å². The molecule has 39 heavy (non-hydrogen) atoms. The van der Waals surface area contributed by atoms with Gasteiger partial charge in [0, 0.05) is 11.3 Å². The molecular formula is C28H28N4O6S. The Morgan fingerprint density at radius 2 is 1.44 bits per heavy atom. The largest absolute Gasteiger partial charge is 0.497 e. The molecule has 1 fully saturated rings. The third-order valence-electron chi connectivity index (χ3n) is 5.95. The third-order valence-corrected chi connectivity index (χ3v) is 6.33. The van der Waals surface area contributed by atoms with Crippen molar-refractivity contribution in [3.8, 4) is 17.2 Å². The van der Waals surface area contributed by atoms with Gasteiger partial charge < -0.3 is 19.5 Å². The molecule has 11 heteroatoms. The highest BCUT2D eigenvalue weighted by Gasteiger charge is 2.45. The summed E-state index contributed by atoms with van der Waals surface area (Å²) in [5.41, 5.74) is 4.05. The molecule has 0 bridgehead atoms. The van der Waals surface area contributed by atoms with E-state index in [0.717, 1.165) is 0 Å². The second-order valence-corrected chi connectivity index (χ2v) is 8.78. The highest BCUT2D eigenvalue weighted by Crippen LogP contribution is 2.28. The number of methoxy groups -OCH3 is 2. The van der Waals surface area contributed by atoms with Crippen molar-refractivity contribution in [2.24, 2.45) is 0 Å². The van der Waals surface area contributed by atoms with E-state index in [1.165, 1.54) is 24.1 Å². The van der Waals surface area contributed by atoms with Gasteiger partial charge in [0.15, 0.2) is 0 Å². The molecule has 1 atom stereocenters. The van der Waals surface area contributed by atoms with Gasteiger partial charge >= 0.3 is 0 Å². The lowest BCUT2D eigenvalue weighted by molar-refractivity contribution is -0.124. The monoisotopic (exact) mass is 548 g/mol. The maximum atomic E-state index is 13.6. The molecule has 1 heterocycles. The summed E-state index contributed by atoms with van der Waals surface area (Å²) in [5.74, 6) is 0.485. The first-order valence-corrected chi connectivity index (χ1v) is 12.5. The van der Waals surface area contributed by atoms with Crippen molar-refractivity contribution in [1.82, 2.24) is 10.4 Å². The minimum absolute atomic E-state index is 0.0332. The first kappa shape index (κ1) is 27.4. The van der Waals surface area contributed by atoms with Crippen LogP contribution < -0.4 is 29.9 Å².